The van der Waals surface area contributed by atoms with Gasteiger partial charge in [0.05, 0.1) is 25.9 Å². The van der Waals surface area contributed by atoms with Crippen molar-refractivity contribution in [3.05, 3.63) is 95.9 Å². The van der Waals surface area contributed by atoms with Crippen LogP contribution in [0.25, 0.3) is 5.52 Å². The summed E-state index contributed by atoms with van der Waals surface area (Å²) in [4.78, 5) is 4.01. The molecule has 3 atom stereocenters. The monoisotopic (exact) mass is 446 g/mol. The van der Waals surface area contributed by atoms with E-state index in [1.165, 1.54) is 6.33 Å². The highest BCUT2D eigenvalue weighted by Gasteiger charge is 2.49. The molecule has 1 aliphatic heterocycles. The van der Waals surface area contributed by atoms with E-state index in [-0.39, 0.29) is 19.1 Å². The van der Waals surface area contributed by atoms with E-state index in [0.29, 0.717) is 30.2 Å². The van der Waals surface area contributed by atoms with Crippen LogP contribution < -0.4 is 5.73 Å². The topological polar surface area (TPSA) is 104 Å². The average molecular weight is 447 g/mol. The number of nitrogens with zero attached hydrogens (tertiary/aromatic N) is 3. The summed E-state index contributed by atoms with van der Waals surface area (Å²) in [5.41, 5.74) is 9.16. The molecule has 0 radical (unpaired) electrons. The maximum atomic E-state index is 11.5. The minimum Gasteiger partial charge on any atom is -0.382 e. The minimum atomic E-state index is -1.60. The molecular weight excluding hydrogens is 420 g/mol. The standard InChI is InChI=1S/C25H26N4O4/c26-24-20-11-12-23(29(20)28-17-27-24)25(30)13-21(32-15-19-9-5-2-6-10-19)22(33-25)16-31-14-18-7-3-1-4-8-18/h1-12,17,21-22,30H,13-16H2,(H2,26,27,28)/t21-,22+,25+/m0/s1. The zero-order chi connectivity index (χ0) is 22.7. The summed E-state index contributed by atoms with van der Waals surface area (Å²) in [6.07, 6.45) is 0.742. The van der Waals surface area contributed by atoms with Crippen molar-refractivity contribution in [2.24, 2.45) is 0 Å². The van der Waals surface area contributed by atoms with Gasteiger partial charge in [0.2, 0.25) is 5.79 Å². The van der Waals surface area contributed by atoms with Crippen molar-refractivity contribution in [3.8, 4) is 0 Å². The highest BCUT2D eigenvalue weighted by atomic mass is 16.7. The van der Waals surface area contributed by atoms with Crippen LogP contribution in [0.2, 0.25) is 0 Å². The van der Waals surface area contributed by atoms with Crippen LogP contribution in [0.3, 0.4) is 0 Å². The molecule has 1 aliphatic rings. The van der Waals surface area contributed by atoms with Crippen molar-refractivity contribution in [1.82, 2.24) is 14.6 Å². The second kappa shape index (κ2) is 9.29. The first-order chi connectivity index (χ1) is 16.1. The molecule has 0 unspecified atom stereocenters. The fraction of sp³-hybridized carbons (Fsp3) is 0.280. The van der Waals surface area contributed by atoms with Gasteiger partial charge in [-0.25, -0.2) is 9.50 Å². The molecule has 170 valence electrons. The Morgan fingerprint density at radius 3 is 2.42 bits per heavy atom. The van der Waals surface area contributed by atoms with Crippen molar-refractivity contribution in [1.29, 1.82) is 0 Å². The molecule has 0 amide bonds. The van der Waals surface area contributed by atoms with Gasteiger partial charge in [-0.1, -0.05) is 60.7 Å². The molecule has 0 saturated carbocycles. The van der Waals surface area contributed by atoms with Crippen LogP contribution in [0.1, 0.15) is 23.2 Å². The number of anilines is 1. The summed E-state index contributed by atoms with van der Waals surface area (Å²) in [5.74, 6) is -1.27. The molecule has 3 heterocycles. The number of aliphatic hydroxyl groups is 1. The number of ether oxygens (including phenoxy) is 3. The molecule has 0 aliphatic carbocycles. The van der Waals surface area contributed by atoms with Crippen molar-refractivity contribution in [3.63, 3.8) is 0 Å². The molecule has 8 nitrogen and oxygen atoms in total. The first kappa shape index (κ1) is 21.5. The maximum absolute atomic E-state index is 11.5. The van der Waals surface area contributed by atoms with Gasteiger partial charge in [0.15, 0.2) is 5.82 Å². The van der Waals surface area contributed by atoms with Gasteiger partial charge in [0.1, 0.15) is 23.6 Å². The van der Waals surface area contributed by atoms with E-state index in [0.717, 1.165) is 11.1 Å². The van der Waals surface area contributed by atoms with E-state index in [2.05, 4.69) is 10.1 Å². The van der Waals surface area contributed by atoms with E-state index < -0.39 is 11.9 Å². The number of fused-ring (bicyclic) bond motifs is 1. The Labute approximate surface area is 191 Å². The molecular formula is C25H26N4O4. The zero-order valence-corrected chi connectivity index (χ0v) is 18.1. The number of benzene rings is 2. The van der Waals surface area contributed by atoms with Crippen molar-refractivity contribution in [2.45, 2.75) is 37.6 Å². The first-order valence-electron chi connectivity index (χ1n) is 10.9. The summed E-state index contributed by atoms with van der Waals surface area (Å²) in [5, 5.41) is 15.8. The van der Waals surface area contributed by atoms with Crippen LogP contribution in [0, 0.1) is 0 Å². The van der Waals surface area contributed by atoms with Crippen molar-refractivity contribution in [2.75, 3.05) is 12.3 Å². The molecule has 4 aromatic rings. The normalized spacial score (nSPS) is 22.7. The van der Waals surface area contributed by atoms with E-state index in [1.807, 2.05) is 60.7 Å². The molecule has 3 N–H and O–H groups in total. The number of hydrogen-bond donors (Lipinski definition) is 2. The Kier molecular flexibility index (Phi) is 6.06. The summed E-state index contributed by atoms with van der Waals surface area (Å²) >= 11 is 0. The summed E-state index contributed by atoms with van der Waals surface area (Å²) < 4.78 is 19.9. The molecule has 5 rings (SSSR count). The van der Waals surface area contributed by atoms with E-state index in [9.17, 15) is 5.11 Å². The number of hydrogen-bond acceptors (Lipinski definition) is 7. The molecule has 33 heavy (non-hydrogen) atoms. The number of nitrogens with two attached hydrogens (primary N) is 1. The summed E-state index contributed by atoms with van der Waals surface area (Å²) in [6.45, 7) is 1.13. The Bertz CT molecular complexity index is 1200. The van der Waals surface area contributed by atoms with Gasteiger partial charge in [-0.2, -0.15) is 5.10 Å². The van der Waals surface area contributed by atoms with Crippen LogP contribution >= 0.6 is 0 Å². The molecule has 2 aromatic carbocycles. The van der Waals surface area contributed by atoms with Crippen molar-refractivity contribution >= 4 is 11.3 Å². The molecule has 0 bridgehead atoms. The van der Waals surface area contributed by atoms with Crippen LogP contribution in [0.4, 0.5) is 5.82 Å². The van der Waals surface area contributed by atoms with E-state index in [1.54, 1.807) is 16.6 Å². The fourth-order valence-electron chi connectivity index (χ4n) is 4.14. The Balaban J connectivity index is 1.35. The fourth-order valence-corrected chi connectivity index (χ4v) is 4.14. The predicted molar refractivity (Wildman–Crippen MR) is 122 cm³/mol. The Hall–Kier alpha value is -3.30. The van der Waals surface area contributed by atoms with Crippen LogP contribution in [-0.2, 0) is 33.2 Å². The third kappa shape index (κ3) is 4.60. The van der Waals surface area contributed by atoms with Crippen LogP contribution in [0.15, 0.2) is 79.1 Å². The SMILES string of the molecule is Nc1ncnn2c([C@@]3(O)C[C@H](OCc4ccccc4)[C@@H](COCc4ccccc4)O3)ccc12. The molecule has 0 spiro atoms. The van der Waals surface area contributed by atoms with Crippen LogP contribution in [-0.4, -0.2) is 38.5 Å². The summed E-state index contributed by atoms with van der Waals surface area (Å²) in [7, 11) is 0. The molecule has 8 heteroatoms. The lowest BCUT2D eigenvalue weighted by atomic mass is 10.1. The largest absolute Gasteiger partial charge is 0.382 e. The summed E-state index contributed by atoms with van der Waals surface area (Å²) in [6, 6.07) is 23.4. The number of aromatic nitrogens is 3. The van der Waals surface area contributed by atoms with Crippen molar-refractivity contribution < 1.29 is 19.3 Å². The van der Waals surface area contributed by atoms with Gasteiger partial charge in [0.25, 0.3) is 0 Å². The quantitative estimate of drug-likeness (QED) is 0.429. The molecule has 2 aromatic heterocycles. The first-order valence-corrected chi connectivity index (χ1v) is 10.9. The Morgan fingerprint density at radius 2 is 1.70 bits per heavy atom. The zero-order valence-electron chi connectivity index (χ0n) is 18.1. The lowest BCUT2D eigenvalue weighted by Gasteiger charge is -2.22. The second-order valence-corrected chi connectivity index (χ2v) is 8.14. The molecule has 1 saturated heterocycles. The minimum absolute atomic E-state index is 0.231. The van der Waals surface area contributed by atoms with Gasteiger partial charge in [-0.05, 0) is 23.3 Å². The lowest BCUT2D eigenvalue weighted by Crippen LogP contribution is -2.30. The average Bonchev–Trinajstić information content (AvgIpc) is 3.42. The van der Waals surface area contributed by atoms with Crippen LogP contribution in [0.5, 0.6) is 0 Å². The Morgan fingerprint density at radius 1 is 1.00 bits per heavy atom. The smallest absolute Gasteiger partial charge is 0.212 e. The van der Waals surface area contributed by atoms with Gasteiger partial charge in [0, 0.05) is 6.42 Å². The van der Waals surface area contributed by atoms with Gasteiger partial charge in [-0.15, -0.1) is 0 Å². The highest BCUT2D eigenvalue weighted by Crippen LogP contribution is 2.40. The van der Waals surface area contributed by atoms with E-state index in [4.69, 9.17) is 19.9 Å². The third-order valence-corrected chi connectivity index (χ3v) is 5.82. The predicted octanol–water partition coefficient (Wildman–Crippen LogP) is 3.05. The third-order valence-electron chi connectivity index (χ3n) is 5.82. The van der Waals surface area contributed by atoms with Gasteiger partial charge >= 0.3 is 0 Å². The maximum Gasteiger partial charge on any atom is 0.212 e. The van der Waals surface area contributed by atoms with E-state index >= 15 is 0 Å². The number of rotatable bonds is 8. The van der Waals surface area contributed by atoms with Gasteiger partial charge < -0.3 is 25.1 Å². The number of nitrogen functional groups attached to an aromatic ring is 1. The second-order valence-electron chi connectivity index (χ2n) is 8.14. The van der Waals surface area contributed by atoms with Gasteiger partial charge in [-0.3, -0.25) is 0 Å². The highest BCUT2D eigenvalue weighted by molar-refractivity contribution is 5.65. The lowest BCUT2D eigenvalue weighted by molar-refractivity contribution is -0.213. The molecule has 1 fully saturated rings.